The number of benzene rings is 2. The Morgan fingerprint density at radius 2 is 1.37 bits per heavy atom. The van der Waals surface area contributed by atoms with Gasteiger partial charge in [-0.05, 0) is 96.4 Å². The molecular weight excluding hydrogens is 488 g/mol. The molecule has 8 nitrogen and oxygen atoms in total. The summed E-state index contributed by atoms with van der Waals surface area (Å²) in [5.74, 6) is 0.843. The molecule has 0 amide bonds. The third kappa shape index (κ3) is 4.88. The first-order chi connectivity index (χ1) is 18.2. The maximum absolute atomic E-state index is 12.2. The Hall–Kier alpha value is -3.42. The van der Waals surface area contributed by atoms with Gasteiger partial charge in [0.05, 0.1) is 14.2 Å². The number of hydrogen-bond donors (Lipinski definition) is 2. The van der Waals surface area contributed by atoms with E-state index in [1.807, 2.05) is 12.1 Å². The molecule has 5 rings (SSSR count). The van der Waals surface area contributed by atoms with E-state index in [-0.39, 0.29) is 47.1 Å². The largest absolute Gasteiger partial charge is 0.504 e. The Bertz CT molecular complexity index is 1240. The highest BCUT2D eigenvalue weighted by molar-refractivity contribution is 5.67. The number of phenols is 2. The topological polar surface area (TPSA) is 112 Å². The minimum absolute atomic E-state index is 0.00654. The molecule has 3 aliphatic carbocycles. The van der Waals surface area contributed by atoms with E-state index in [0.717, 1.165) is 41.5 Å². The zero-order chi connectivity index (χ0) is 27.1. The highest BCUT2D eigenvalue weighted by atomic mass is 16.6. The molecule has 1 fully saturated rings. The molecule has 6 unspecified atom stereocenters. The van der Waals surface area contributed by atoms with Crippen LogP contribution in [-0.2, 0) is 38.3 Å². The summed E-state index contributed by atoms with van der Waals surface area (Å²) >= 11 is 0. The van der Waals surface area contributed by atoms with Crippen LogP contribution in [0.5, 0.6) is 23.0 Å². The van der Waals surface area contributed by atoms with Crippen LogP contribution in [0.15, 0.2) is 24.3 Å². The summed E-state index contributed by atoms with van der Waals surface area (Å²) < 4.78 is 22.6. The highest BCUT2D eigenvalue weighted by Crippen LogP contribution is 2.53. The van der Waals surface area contributed by atoms with Crippen LogP contribution >= 0.6 is 0 Å². The van der Waals surface area contributed by atoms with Crippen molar-refractivity contribution in [2.75, 3.05) is 14.2 Å². The van der Waals surface area contributed by atoms with Crippen LogP contribution in [-0.4, -0.2) is 48.6 Å². The molecule has 204 valence electrons. The quantitative estimate of drug-likeness (QED) is 0.565. The molecule has 0 aliphatic heterocycles. The van der Waals surface area contributed by atoms with Gasteiger partial charge in [-0.25, -0.2) is 0 Å². The van der Waals surface area contributed by atoms with E-state index in [2.05, 4.69) is 0 Å². The molecule has 0 spiro atoms. The molecule has 8 heteroatoms. The van der Waals surface area contributed by atoms with Crippen molar-refractivity contribution in [2.24, 2.45) is 17.8 Å². The molecule has 2 aromatic rings. The van der Waals surface area contributed by atoms with Gasteiger partial charge in [-0.3, -0.25) is 9.59 Å². The molecule has 0 aromatic heterocycles. The second kappa shape index (κ2) is 10.4. The van der Waals surface area contributed by atoms with Crippen LogP contribution in [0.2, 0.25) is 0 Å². The van der Waals surface area contributed by atoms with E-state index in [9.17, 15) is 19.8 Å². The Labute approximate surface area is 222 Å². The number of carbonyl (C=O) groups excluding carboxylic acids is 2. The summed E-state index contributed by atoms with van der Waals surface area (Å²) in [6, 6.07) is 7.41. The number of esters is 2. The van der Waals surface area contributed by atoms with Crippen LogP contribution < -0.4 is 9.47 Å². The summed E-state index contributed by atoms with van der Waals surface area (Å²) in [5.41, 5.74) is 4.34. The van der Waals surface area contributed by atoms with E-state index in [1.165, 1.54) is 21.0 Å². The van der Waals surface area contributed by atoms with Gasteiger partial charge in [-0.2, -0.15) is 0 Å². The molecule has 3 aliphatic rings. The third-order valence-electron chi connectivity index (χ3n) is 8.76. The molecule has 0 heterocycles. The lowest BCUT2D eigenvalue weighted by molar-refractivity contribution is -0.160. The maximum Gasteiger partial charge on any atom is 0.302 e. The Balaban J connectivity index is 1.62. The number of aryl methyl sites for hydroxylation is 1. The van der Waals surface area contributed by atoms with Gasteiger partial charge in [0.15, 0.2) is 23.0 Å². The van der Waals surface area contributed by atoms with Crippen LogP contribution in [0.25, 0.3) is 0 Å². The molecule has 38 heavy (non-hydrogen) atoms. The lowest BCUT2D eigenvalue weighted by Gasteiger charge is -2.49. The Morgan fingerprint density at radius 1 is 0.763 bits per heavy atom. The van der Waals surface area contributed by atoms with Crippen molar-refractivity contribution in [2.45, 2.75) is 70.5 Å². The number of aromatic hydroxyl groups is 2. The number of hydrogen-bond acceptors (Lipinski definition) is 8. The van der Waals surface area contributed by atoms with E-state index in [4.69, 9.17) is 18.9 Å². The predicted molar refractivity (Wildman–Crippen MR) is 139 cm³/mol. The number of ether oxygens (including phenoxy) is 4. The minimum Gasteiger partial charge on any atom is -0.504 e. The van der Waals surface area contributed by atoms with E-state index >= 15 is 0 Å². The Kier molecular flexibility index (Phi) is 7.16. The molecule has 2 N–H and O–H groups in total. The van der Waals surface area contributed by atoms with Crippen LogP contribution in [0.1, 0.15) is 61.3 Å². The van der Waals surface area contributed by atoms with Crippen molar-refractivity contribution < 1.29 is 38.7 Å². The number of rotatable bonds is 4. The summed E-state index contributed by atoms with van der Waals surface area (Å²) in [5, 5.41) is 21.0. The van der Waals surface area contributed by atoms with Crippen molar-refractivity contribution in [3.63, 3.8) is 0 Å². The third-order valence-corrected chi connectivity index (χ3v) is 8.76. The highest BCUT2D eigenvalue weighted by Gasteiger charge is 2.48. The monoisotopic (exact) mass is 524 g/mol. The average Bonchev–Trinajstić information content (AvgIpc) is 2.85. The van der Waals surface area contributed by atoms with Crippen molar-refractivity contribution in [1.29, 1.82) is 0 Å². The second-order valence-corrected chi connectivity index (χ2v) is 10.9. The fourth-order valence-corrected chi connectivity index (χ4v) is 7.30. The fourth-order valence-electron chi connectivity index (χ4n) is 7.30. The summed E-state index contributed by atoms with van der Waals surface area (Å²) in [6.45, 7) is 2.83. The number of fused-ring (bicyclic) bond motifs is 6. The predicted octanol–water partition coefficient (Wildman–Crippen LogP) is 4.45. The fraction of sp³-hybridized carbons (Fsp3) is 0.533. The van der Waals surface area contributed by atoms with Crippen molar-refractivity contribution in [3.05, 3.63) is 46.5 Å². The Morgan fingerprint density at radius 3 is 2.03 bits per heavy atom. The van der Waals surface area contributed by atoms with Gasteiger partial charge < -0.3 is 29.2 Å². The van der Waals surface area contributed by atoms with Crippen molar-refractivity contribution in [3.8, 4) is 23.0 Å². The first kappa shape index (κ1) is 26.2. The molecule has 6 atom stereocenters. The second-order valence-electron chi connectivity index (χ2n) is 10.9. The summed E-state index contributed by atoms with van der Waals surface area (Å²) in [4.78, 5) is 24.4. The maximum atomic E-state index is 12.2. The van der Waals surface area contributed by atoms with Crippen LogP contribution in [0.4, 0.5) is 0 Å². The molecule has 2 aromatic carbocycles. The minimum atomic E-state index is -0.424. The van der Waals surface area contributed by atoms with Gasteiger partial charge in [0.2, 0.25) is 0 Å². The van der Waals surface area contributed by atoms with Gasteiger partial charge in [0, 0.05) is 26.2 Å². The van der Waals surface area contributed by atoms with E-state index in [0.29, 0.717) is 30.8 Å². The van der Waals surface area contributed by atoms with Gasteiger partial charge in [0.25, 0.3) is 0 Å². The van der Waals surface area contributed by atoms with Gasteiger partial charge in [0.1, 0.15) is 12.2 Å². The zero-order valence-electron chi connectivity index (χ0n) is 22.4. The number of carbonyl (C=O) groups is 2. The normalized spacial score (nSPS) is 27.8. The standard InChI is InChI=1S/C30H36O8/c1-15(31)37-20-12-24-21(6-5-17-9-26(33)30(36-4)14-22(17)24)23-7-18-10-27(34)29(35-3)11-19(18)8-25(23)28(13-20)38-16(2)32/h9-11,14,20-21,23-25,28,33-34H,5-8,12-13H2,1-4H3. The summed E-state index contributed by atoms with van der Waals surface area (Å²) in [6.07, 6.45) is 3.26. The lowest BCUT2D eigenvalue weighted by atomic mass is 9.58. The van der Waals surface area contributed by atoms with Gasteiger partial charge in [-0.1, -0.05) is 0 Å². The van der Waals surface area contributed by atoms with E-state index in [1.54, 1.807) is 19.2 Å². The molecule has 1 saturated carbocycles. The SMILES string of the molecule is COc1cc2c(cc1O)CC1C(C2)C(OC(C)=O)CC(OC(C)=O)CC2c3cc(OC)c(O)cc3CCC21. The smallest absolute Gasteiger partial charge is 0.302 e. The first-order valence-electron chi connectivity index (χ1n) is 13.3. The van der Waals surface area contributed by atoms with Crippen molar-refractivity contribution in [1.82, 2.24) is 0 Å². The summed E-state index contributed by atoms with van der Waals surface area (Å²) in [7, 11) is 3.07. The average molecular weight is 525 g/mol. The molecular formula is C30H36O8. The van der Waals surface area contributed by atoms with Crippen LogP contribution in [0, 0.1) is 17.8 Å². The molecule has 0 radical (unpaired) electrons. The number of methoxy groups -OCH3 is 2. The lowest BCUT2D eigenvalue weighted by Crippen LogP contribution is -2.47. The first-order valence-corrected chi connectivity index (χ1v) is 13.3. The van der Waals surface area contributed by atoms with Gasteiger partial charge >= 0.3 is 11.9 Å². The van der Waals surface area contributed by atoms with Crippen molar-refractivity contribution >= 4 is 11.9 Å². The zero-order valence-corrected chi connectivity index (χ0v) is 22.4. The number of phenolic OH excluding ortho intramolecular Hbond substituents is 2. The van der Waals surface area contributed by atoms with Crippen LogP contribution in [0.3, 0.4) is 0 Å². The molecule has 0 bridgehead atoms. The van der Waals surface area contributed by atoms with Gasteiger partial charge in [-0.15, -0.1) is 0 Å². The molecule has 0 saturated heterocycles. The van der Waals surface area contributed by atoms with E-state index < -0.39 is 12.2 Å².